The van der Waals surface area contributed by atoms with Crippen molar-refractivity contribution in [2.24, 2.45) is 5.92 Å². The fourth-order valence-corrected chi connectivity index (χ4v) is 3.76. The van der Waals surface area contributed by atoms with Gasteiger partial charge >= 0.3 is 0 Å². The Hall–Kier alpha value is -1.81. The molecule has 0 saturated carbocycles. The van der Waals surface area contributed by atoms with E-state index in [-0.39, 0.29) is 0 Å². The van der Waals surface area contributed by atoms with Crippen molar-refractivity contribution < 1.29 is 8.42 Å². The van der Waals surface area contributed by atoms with Gasteiger partial charge in [-0.3, -0.25) is 0 Å². The van der Waals surface area contributed by atoms with E-state index < -0.39 is 9.84 Å². The molecule has 3 nitrogen and oxygen atoms in total. The van der Waals surface area contributed by atoms with Crippen LogP contribution in [0.15, 0.2) is 64.4 Å². The van der Waals surface area contributed by atoms with Gasteiger partial charge in [-0.15, -0.1) is 0 Å². The molecule has 104 valence electrons. The van der Waals surface area contributed by atoms with Crippen LogP contribution in [0.2, 0.25) is 0 Å². The fourth-order valence-electron chi connectivity index (χ4n) is 2.48. The van der Waals surface area contributed by atoms with Crippen molar-refractivity contribution in [2.45, 2.75) is 16.7 Å². The largest absolute Gasteiger partial charge is 0.371 e. The second-order valence-corrected chi connectivity index (χ2v) is 7.27. The lowest BCUT2D eigenvalue weighted by Crippen LogP contribution is -2.45. The van der Waals surface area contributed by atoms with Gasteiger partial charge < -0.3 is 4.90 Å². The van der Waals surface area contributed by atoms with Crippen molar-refractivity contribution in [3.63, 3.8) is 0 Å². The maximum atomic E-state index is 12.4. The van der Waals surface area contributed by atoms with E-state index in [1.165, 1.54) is 0 Å². The Kier molecular flexibility index (Phi) is 3.26. The van der Waals surface area contributed by atoms with Gasteiger partial charge in [-0.05, 0) is 42.3 Å². The van der Waals surface area contributed by atoms with Crippen LogP contribution >= 0.6 is 0 Å². The van der Waals surface area contributed by atoms with Crippen molar-refractivity contribution >= 4 is 15.5 Å². The second-order valence-electron chi connectivity index (χ2n) is 5.32. The van der Waals surface area contributed by atoms with Gasteiger partial charge in [0, 0.05) is 18.8 Å². The van der Waals surface area contributed by atoms with Gasteiger partial charge in [0.2, 0.25) is 9.84 Å². The van der Waals surface area contributed by atoms with Crippen molar-refractivity contribution in [2.75, 3.05) is 18.0 Å². The number of sulfone groups is 1. The average Bonchev–Trinajstić information content (AvgIpc) is 2.45. The van der Waals surface area contributed by atoms with Gasteiger partial charge in [0.05, 0.1) is 9.79 Å². The molecular formula is C16H17NO2S. The van der Waals surface area contributed by atoms with Gasteiger partial charge in [0.15, 0.2) is 0 Å². The molecular weight excluding hydrogens is 270 g/mol. The summed E-state index contributed by atoms with van der Waals surface area (Å²) in [4.78, 5) is 2.94. The van der Waals surface area contributed by atoms with E-state index in [0.717, 1.165) is 24.7 Å². The van der Waals surface area contributed by atoms with Gasteiger partial charge in [-0.25, -0.2) is 8.42 Å². The summed E-state index contributed by atoms with van der Waals surface area (Å²) < 4.78 is 24.9. The molecule has 0 radical (unpaired) electrons. The lowest BCUT2D eigenvalue weighted by molar-refractivity contribution is 0.447. The Morgan fingerprint density at radius 1 is 0.900 bits per heavy atom. The number of rotatable bonds is 3. The molecule has 0 aromatic heterocycles. The van der Waals surface area contributed by atoms with Crippen LogP contribution in [0, 0.1) is 5.92 Å². The first-order valence-electron chi connectivity index (χ1n) is 6.72. The van der Waals surface area contributed by atoms with Crippen LogP contribution in [0.5, 0.6) is 0 Å². The summed E-state index contributed by atoms with van der Waals surface area (Å²) in [5, 5.41) is 0. The Morgan fingerprint density at radius 3 is 2.00 bits per heavy atom. The lowest BCUT2D eigenvalue weighted by atomic mass is 10.0. The van der Waals surface area contributed by atoms with Gasteiger partial charge in [-0.1, -0.05) is 25.1 Å². The molecule has 0 amide bonds. The van der Waals surface area contributed by atoms with Crippen LogP contribution < -0.4 is 4.90 Å². The Balaban J connectivity index is 1.88. The van der Waals surface area contributed by atoms with Crippen LogP contribution in [0.4, 0.5) is 5.69 Å². The summed E-state index contributed by atoms with van der Waals surface area (Å²) in [5.41, 5.74) is 1.09. The number of nitrogens with zero attached hydrogens (tertiary/aromatic N) is 1. The fraction of sp³-hybridized carbons (Fsp3) is 0.250. The van der Waals surface area contributed by atoms with E-state index in [1.807, 2.05) is 18.2 Å². The van der Waals surface area contributed by atoms with Crippen LogP contribution in [-0.4, -0.2) is 21.5 Å². The van der Waals surface area contributed by atoms with Crippen LogP contribution in [0.3, 0.4) is 0 Å². The monoisotopic (exact) mass is 287 g/mol. The highest BCUT2D eigenvalue weighted by Gasteiger charge is 2.23. The summed E-state index contributed by atoms with van der Waals surface area (Å²) in [7, 11) is -3.40. The average molecular weight is 287 g/mol. The highest BCUT2D eigenvalue weighted by Crippen LogP contribution is 2.27. The van der Waals surface area contributed by atoms with E-state index >= 15 is 0 Å². The predicted octanol–water partition coefficient (Wildman–Crippen LogP) is 2.98. The zero-order chi connectivity index (χ0) is 14.2. The summed E-state index contributed by atoms with van der Waals surface area (Å²) in [6.45, 7) is 4.31. The minimum atomic E-state index is -3.40. The third-order valence-corrected chi connectivity index (χ3v) is 5.42. The quantitative estimate of drug-likeness (QED) is 0.871. The molecule has 20 heavy (non-hydrogen) atoms. The lowest BCUT2D eigenvalue weighted by Gasteiger charge is -2.39. The normalized spacial score (nSPS) is 15.9. The Bertz CT molecular complexity index is 687. The van der Waals surface area contributed by atoms with Gasteiger partial charge in [0.25, 0.3) is 0 Å². The van der Waals surface area contributed by atoms with Crippen molar-refractivity contribution in [3.8, 4) is 0 Å². The number of benzene rings is 2. The number of hydrogen-bond acceptors (Lipinski definition) is 3. The highest BCUT2D eigenvalue weighted by atomic mass is 32.2. The maximum absolute atomic E-state index is 12.4. The first kappa shape index (κ1) is 13.2. The van der Waals surface area contributed by atoms with E-state index in [2.05, 4.69) is 11.8 Å². The third-order valence-electron chi connectivity index (χ3n) is 3.63. The molecule has 4 heteroatoms. The summed E-state index contributed by atoms with van der Waals surface area (Å²) in [6, 6.07) is 15.7. The zero-order valence-electron chi connectivity index (χ0n) is 11.4. The minimum absolute atomic E-state index is 0.338. The smallest absolute Gasteiger partial charge is 0.206 e. The van der Waals surface area contributed by atoms with E-state index in [9.17, 15) is 8.42 Å². The van der Waals surface area contributed by atoms with Crippen LogP contribution in [0.1, 0.15) is 6.92 Å². The van der Waals surface area contributed by atoms with Crippen molar-refractivity contribution in [1.82, 2.24) is 0 Å². The molecule has 0 aliphatic carbocycles. The number of anilines is 1. The summed E-state index contributed by atoms with van der Waals surface area (Å²) in [6.07, 6.45) is 0. The molecule has 0 atom stereocenters. The molecule has 1 saturated heterocycles. The van der Waals surface area contributed by atoms with Crippen molar-refractivity contribution in [1.29, 1.82) is 0 Å². The van der Waals surface area contributed by atoms with Crippen LogP contribution in [0.25, 0.3) is 0 Å². The molecule has 0 spiro atoms. The van der Waals surface area contributed by atoms with E-state index in [4.69, 9.17) is 0 Å². The maximum Gasteiger partial charge on any atom is 0.206 e. The topological polar surface area (TPSA) is 37.4 Å². The van der Waals surface area contributed by atoms with E-state index in [1.54, 1.807) is 36.4 Å². The molecule has 0 bridgehead atoms. The van der Waals surface area contributed by atoms with E-state index in [0.29, 0.717) is 9.79 Å². The predicted molar refractivity (Wildman–Crippen MR) is 79.7 cm³/mol. The Labute approximate surface area is 119 Å². The van der Waals surface area contributed by atoms with Crippen LogP contribution in [-0.2, 0) is 9.84 Å². The number of hydrogen-bond donors (Lipinski definition) is 0. The summed E-state index contributed by atoms with van der Waals surface area (Å²) in [5.74, 6) is 0.725. The highest BCUT2D eigenvalue weighted by molar-refractivity contribution is 7.91. The summed E-state index contributed by atoms with van der Waals surface area (Å²) >= 11 is 0. The molecule has 3 rings (SSSR count). The first-order chi connectivity index (χ1) is 9.57. The minimum Gasteiger partial charge on any atom is -0.371 e. The molecule has 0 N–H and O–H groups in total. The van der Waals surface area contributed by atoms with Gasteiger partial charge in [-0.2, -0.15) is 0 Å². The van der Waals surface area contributed by atoms with Gasteiger partial charge in [0.1, 0.15) is 0 Å². The molecule has 0 unspecified atom stereocenters. The molecule has 2 aromatic rings. The molecule has 1 fully saturated rings. The molecule has 1 heterocycles. The Morgan fingerprint density at radius 2 is 1.45 bits per heavy atom. The van der Waals surface area contributed by atoms with Crippen molar-refractivity contribution in [3.05, 3.63) is 54.6 Å². The molecule has 1 aliphatic rings. The second kappa shape index (κ2) is 4.94. The molecule has 2 aromatic carbocycles. The zero-order valence-corrected chi connectivity index (χ0v) is 12.2. The molecule has 1 aliphatic heterocycles. The first-order valence-corrected chi connectivity index (χ1v) is 8.21. The SMILES string of the molecule is CC1CN(c2ccc(S(=O)(=O)c3ccccc3)cc2)C1. The third kappa shape index (κ3) is 2.31. The standard InChI is InChI=1S/C16H17NO2S/c1-13-11-17(12-13)14-7-9-16(10-8-14)20(18,19)15-5-3-2-4-6-15/h2-10,13H,11-12H2,1H3.